The Morgan fingerprint density at radius 3 is 2.84 bits per heavy atom. The number of hydrogen-bond donors (Lipinski definition) is 2. The summed E-state index contributed by atoms with van der Waals surface area (Å²) in [5.41, 5.74) is 2.43. The van der Waals surface area contributed by atoms with Crippen molar-refractivity contribution in [3.05, 3.63) is 48.0 Å². The first kappa shape index (κ1) is 19.0. The molecule has 0 amide bonds. The van der Waals surface area contributed by atoms with Crippen molar-refractivity contribution in [1.29, 1.82) is 0 Å². The molecule has 136 valence electrons. The number of aliphatic imine (C=N–C) groups is 1. The molecule has 0 fully saturated rings. The fraction of sp³-hybridized carbons (Fsp3) is 0.526. The summed E-state index contributed by atoms with van der Waals surface area (Å²) in [6, 6.07) is 8.92. The maximum Gasteiger partial charge on any atom is 0.191 e. The molecule has 6 nitrogen and oxygen atoms in total. The molecule has 6 heteroatoms. The van der Waals surface area contributed by atoms with Gasteiger partial charge in [-0.25, -0.2) is 9.67 Å². The minimum atomic E-state index is 0.427. The molecule has 0 aliphatic rings. The zero-order valence-electron chi connectivity index (χ0n) is 15.6. The minimum absolute atomic E-state index is 0.427. The second-order valence-corrected chi connectivity index (χ2v) is 6.38. The van der Waals surface area contributed by atoms with Crippen LogP contribution >= 0.6 is 0 Å². The Morgan fingerprint density at radius 2 is 2.12 bits per heavy atom. The Hall–Kier alpha value is -2.37. The molecule has 0 spiro atoms. The van der Waals surface area contributed by atoms with Gasteiger partial charge < -0.3 is 10.6 Å². The highest BCUT2D eigenvalue weighted by molar-refractivity contribution is 5.79. The lowest BCUT2D eigenvalue weighted by Crippen LogP contribution is -2.41. The molecule has 0 aliphatic carbocycles. The number of hydrogen-bond acceptors (Lipinski definition) is 3. The van der Waals surface area contributed by atoms with E-state index in [4.69, 9.17) is 0 Å². The average molecular weight is 342 g/mol. The summed E-state index contributed by atoms with van der Waals surface area (Å²) in [4.78, 5) is 8.31. The SMILES string of the molecule is CCCCCC(C)NC(=NC)NCc1cccc(Cn2cncn2)c1. The van der Waals surface area contributed by atoms with Gasteiger partial charge in [-0.3, -0.25) is 4.99 Å². The van der Waals surface area contributed by atoms with Crippen LogP contribution in [0.4, 0.5) is 0 Å². The Labute approximate surface area is 150 Å². The number of nitrogens with zero attached hydrogens (tertiary/aromatic N) is 4. The summed E-state index contributed by atoms with van der Waals surface area (Å²) in [7, 11) is 1.81. The molecule has 1 atom stereocenters. The highest BCUT2D eigenvalue weighted by Crippen LogP contribution is 2.07. The predicted octanol–water partition coefficient (Wildman–Crippen LogP) is 2.96. The fourth-order valence-electron chi connectivity index (χ4n) is 2.73. The Morgan fingerprint density at radius 1 is 1.28 bits per heavy atom. The monoisotopic (exact) mass is 342 g/mol. The van der Waals surface area contributed by atoms with E-state index in [1.54, 1.807) is 12.7 Å². The Kier molecular flexibility index (Phi) is 7.95. The van der Waals surface area contributed by atoms with Crippen molar-refractivity contribution in [2.45, 2.75) is 58.7 Å². The molecule has 2 aromatic rings. The van der Waals surface area contributed by atoms with Gasteiger partial charge in [0, 0.05) is 19.6 Å². The van der Waals surface area contributed by atoms with Crippen LogP contribution in [0.1, 0.15) is 50.7 Å². The molecule has 1 aromatic heterocycles. The summed E-state index contributed by atoms with van der Waals surface area (Å²) in [6.07, 6.45) is 8.26. The average Bonchev–Trinajstić information content (AvgIpc) is 3.12. The molecule has 0 radical (unpaired) electrons. The highest BCUT2D eigenvalue weighted by atomic mass is 15.3. The second kappa shape index (κ2) is 10.5. The van der Waals surface area contributed by atoms with E-state index in [0.29, 0.717) is 6.04 Å². The van der Waals surface area contributed by atoms with Gasteiger partial charge in [0.25, 0.3) is 0 Å². The number of guanidine groups is 1. The van der Waals surface area contributed by atoms with Crippen molar-refractivity contribution < 1.29 is 0 Å². The quantitative estimate of drug-likeness (QED) is 0.418. The van der Waals surface area contributed by atoms with Gasteiger partial charge in [0.15, 0.2) is 5.96 Å². The van der Waals surface area contributed by atoms with Crippen LogP contribution in [0, 0.1) is 0 Å². The Balaban J connectivity index is 1.82. The maximum absolute atomic E-state index is 4.33. The third-order valence-electron chi connectivity index (χ3n) is 4.11. The van der Waals surface area contributed by atoms with Crippen LogP contribution in [-0.4, -0.2) is 33.8 Å². The number of aromatic nitrogens is 3. The first-order valence-electron chi connectivity index (χ1n) is 9.08. The molecule has 0 bridgehead atoms. The van der Waals surface area contributed by atoms with Gasteiger partial charge in [-0.15, -0.1) is 0 Å². The zero-order valence-corrected chi connectivity index (χ0v) is 15.6. The van der Waals surface area contributed by atoms with Gasteiger partial charge in [-0.05, 0) is 24.5 Å². The van der Waals surface area contributed by atoms with E-state index in [9.17, 15) is 0 Å². The Bertz CT molecular complexity index is 635. The normalized spacial score (nSPS) is 12.8. The summed E-state index contributed by atoms with van der Waals surface area (Å²) >= 11 is 0. The minimum Gasteiger partial charge on any atom is -0.354 e. The van der Waals surface area contributed by atoms with E-state index >= 15 is 0 Å². The first-order chi connectivity index (χ1) is 12.2. The number of benzene rings is 1. The summed E-state index contributed by atoms with van der Waals surface area (Å²) in [5.74, 6) is 0.852. The van der Waals surface area contributed by atoms with Crippen molar-refractivity contribution in [2.75, 3.05) is 7.05 Å². The smallest absolute Gasteiger partial charge is 0.191 e. The van der Waals surface area contributed by atoms with E-state index in [1.165, 1.54) is 36.8 Å². The van der Waals surface area contributed by atoms with E-state index in [2.05, 4.69) is 63.8 Å². The van der Waals surface area contributed by atoms with Crippen LogP contribution in [0.3, 0.4) is 0 Å². The van der Waals surface area contributed by atoms with Gasteiger partial charge in [-0.2, -0.15) is 5.10 Å². The molecule has 1 unspecified atom stereocenters. The van der Waals surface area contributed by atoms with Crippen molar-refractivity contribution in [3.8, 4) is 0 Å². The van der Waals surface area contributed by atoms with Crippen LogP contribution in [0.25, 0.3) is 0 Å². The lowest BCUT2D eigenvalue weighted by molar-refractivity contribution is 0.546. The fourth-order valence-corrected chi connectivity index (χ4v) is 2.73. The molecule has 1 heterocycles. The zero-order chi connectivity index (χ0) is 17.9. The number of nitrogens with one attached hydrogen (secondary N) is 2. The van der Waals surface area contributed by atoms with E-state index in [1.807, 2.05) is 11.7 Å². The van der Waals surface area contributed by atoms with Gasteiger partial charge in [0.1, 0.15) is 12.7 Å². The highest BCUT2D eigenvalue weighted by Gasteiger charge is 2.05. The van der Waals surface area contributed by atoms with Crippen molar-refractivity contribution in [3.63, 3.8) is 0 Å². The molecule has 2 N–H and O–H groups in total. The van der Waals surface area contributed by atoms with Crippen LogP contribution in [0.2, 0.25) is 0 Å². The van der Waals surface area contributed by atoms with Crippen LogP contribution < -0.4 is 10.6 Å². The van der Waals surface area contributed by atoms with Crippen molar-refractivity contribution in [2.24, 2.45) is 4.99 Å². The summed E-state index contributed by atoms with van der Waals surface area (Å²) in [5, 5.41) is 11.0. The van der Waals surface area contributed by atoms with Crippen LogP contribution in [-0.2, 0) is 13.1 Å². The first-order valence-corrected chi connectivity index (χ1v) is 9.08. The van der Waals surface area contributed by atoms with Crippen LogP contribution in [0.15, 0.2) is 41.9 Å². The maximum atomic E-state index is 4.33. The second-order valence-electron chi connectivity index (χ2n) is 6.38. The molecular formula is C19H30N6. The third-order valence-corrected chi connectivity index (χ3v) is 4.11. The topological polar surface area (TPSA) is 67.1 Å². The molecule has 1 aromatic carbocycles. The van der Waals surface area contributed by atoms with E-state index in [-0.39, 0.29) is 0 Å². The van der Waals surface area contributed by atoms with Gasteiger partial charge >= 0.3 is 0 Å². The largest absolute Gasteiger partial charge is 0.354 e. The molecule has 0 aliphatic heterocycles. The lowest BCUT2D eigenvalue weighted by atomic mass is 10.1. The predicted molar refractivity (Wildman–Crippen MR) is 103 cm³/mol. The third kappa shape index (κ3) is 6.95. The molecule has 0 saturated heterocycles. The van der Waals surface area contributed by atoms with Crippen LogP contribution in [0.5, 0.6) is 0 Å². The van der Waals surface area contributed by atoms with E-state index in [0.717, 1.165) is 19.0 Å². The van der Waals surface area contributed by atoms with Gasteiger partial charge in [0.05, 0.1) is 6.54 Å². The molecule has 2 rings (SSSR count). The van der Waals surface area contributed by atoms with Crippen molar-refractivity contribution >= 4 is 5.96 Å². The van der Waals surface area contributed by atoms with Gasteiger partial charge in [-0.1, -0.05) is 50.5 Å². The summed E-state index contributed by atoms with van der Waals surface area (Å²) in [6.45, 7) is 5.92. The number of unbranched alkanes of at least 4 members (excludes halogenated alkanes) is 2. The molecular weight excluding hydrogens is 312 g/mol. The number of rotatable bonds is 9. The van der Waals surface area contributed by atoms with E-state index < -0.39 is 0 Å². The molecule has 25 heavy (non-hydrogen) atoms. The summed E-state index contributed by atoms with van der Waals surface area (Å²) < 4.78 is 1.82. The van der Waals surface area contributed by atoms with Gasteiger partial charge in [0.2, 0.25) is 0 Å². The standard InChI is InChI=1S/C19H30N6/c1-4-5-6-8-16(2)24-19(20-3)22-12-17-9-7-10-18(11-17)13-25-15-21-14-23-25/h7,9-11,14-16H,4-6,8,12-13H2,1-3H3,(H2,20,22,24). The molecule has 0 saturated carbocycles. The lowest BCUT2D eigenvalue weighted by Gasteiger charge is -2.18. The van der Waals surface area contributed by atoms with Crippen molar-refractivity contribution in [1.82, 2.24) is 25.4 Å².